The summed E-state index contributed by atoms with van der Waals surface area (Å²) >= 11 is 1.33. The minimum atomic E-state index is -0.372. The third-order valence-corrected chi connectivity index (χ3v) is 4.76. The van der Waals surface area contributed by atoms with E-state index in [9.17, 15) is 4.79 Å². The van der Waals surface area contributed by atoms with E-state index in [1.165, 1.54) is 17.3 Å². The van der Waals surface area contributed by atoms with Crippen LogP contribution >= 0.6 is 11.8 Å². The molecule has 1 aliphatic rings. The Labute approximate surface area is 139 Å². The van der Waals surface area contributed by atoms with Crippen molar-refractivity contribution in [2.24, 2.45) is 0 Å². The summed E-state index contributed by atoms with van der Waals surface area (Å²) in [7, 11) is 0. The smallest absolute Gasteiger partial charge is 0.324 e. The molecule has 0 saturated heterocycles. The SMILES string of the molecule is CC(Sc1nnnn1C1CC1)C(=O)Oc1ccc(C(C)C)cc1. The van der Waals surface area contributed by atoms with Gasteiger partial charge in [0.1, 0.15) is 11.0 Å². The van der Waals surface area contributed by atoms with Crippen molar-refractivity contribution in [2.75, 3.05) is 0 Å². The first-order chi connectivity index (χ1) is 11.0. The van der Waals surface area contributed by atoms with Crippen LogP contribution in [0.5, 0.6) is 5.75 Å². The van der Waals surface area contributed by atoms with Crippen molar-refractivity contribution in [3.8, 4) is 5.75 Å². The lowest BCUT2D eigenvalue weighted by molar-refractivity contribution is -0.133. The van der Waals surface area contributed by atoms with Gasteiger partial charge in [-0.1, -0.05) is 37.7 Å². The van der Waals surface area contributed by atoms with Crippen LogP contribution in [0.15, 0.2) is 29.4 Å². The Balaban J connectivity index is 1.59. The van der Waals surface area contributed by atoms with Crippen LogP contribution in [0.4, 0.5) is 0 Å². The molecule has 0 spiro atoms. The van der Waals surface area contributed by atoms with Crippen LogP contribution in [0, 0.1) is 0 Å². The predicted octanol–water partition coefficient (Wildman–Crippen LogP) is 3.22. The summed E-state index contributed by atoms with van der Waals surface area (Å²) in [5.41, 5.74) is 1.22. The van der Waals surface area contributed by atoms with E-state index in [0.29, 0.717) is 22.9 Å². The maximum absolute atomic E-state index is 12.2. The molecule has 1 aliphatic carbocycles. The molecule has 1 saturated carbocycles. The molecule has 1 aromatic heterocycles. The minimum Gasteiger partial charge on any atom is -0.426 e. The first-order valence-electron chi connectivity index (χ1n) is 7.80. The fourth-order valence-electron chi connectivity index (χ4n) is 2.14. The van der Waals surface area contributed by atoms with Gasteiger partial charge in [0, 0.05) is 0 Å². The number of hydrogen-bond donors (Lipinski definition) is 0. The Bertz CT molecular complexity index is 680. The maximum Gasteiger partial charge on any atom is 0.324 e. The van der Waals surface area contributed by atoms with Crippen LogP contribution in [0.3, 0.4) is 0 Å². The first-order valence-corrected chi connectivity index (χ1v) is 8.68. The van der Waals surface area contributed by atoms with Crippen molar-refractivity contribution in [1.29, 1.82) is 0 Å². The number of benzene rings is 1. The van der Waals surface area contributed by atoms with Crippen molar-refractivity contribution in [3.05, 3.63) is 29.8 Å². The lowest BCUT2D eigenvalue weighted by Crippen LogP contribution is -2.20. The van der Waals surface area contributed by atoms with Gasteiger partial charge in [-0.15, -0.1) is 5.10 Å². The molecular weight excluding hydrogens is 312 g/mol. The highest BCUT2D eigenvalue weighted by molar-refractivity contribution is 8.00. The molecular formula is C16H20N4O2S. The first kappa shape index (κ1) is 16.0. The molecule has 0 N–H and O–H groups in total. The fraction of sp³-hybridized carbons (Fsp3) is 0.500. The molecule has 122 valence electrons. The molecule has 0 radical (unpaired) electrons. The van der Waals surface area contributed by atoms with E-state index in [-0.39, 0.29) is 11.2 Å². The second-order valence-corrected chi connectivity index (χ2v) is 7.35. The Hall–Kier alpha value is -1.89. The van der Waals surface area contributed by atoms with E-state index in [4.69, 9.17) is 4.74 Å². The van der Waals surface area contributed by atoms with Gasteiger partial charge in [-0.2, -0.15) is 0 Å². The number of rotatable bonds is 6. The zero-order chi connectivity index (χ0) is 16.4. The van der Waals surface area contributed by atoms with E-state index < -0.39 is 0 Å². The second kappa shape index (κ2) is 6.70. The average molecular weight is 332 g/mol. The summed E-state index contributed by atoms with van der Waals surface area (Å²) in [6, 6.07) is 8.02. The molecule has 2 aromatic rings. The summed E-state index contributed by atoms with van der Waals surface area (Å²) < 4.78 is 7.24. The number of carbonyl (C=O) groups is 1. The van der Waals surface area contributed by atoms with E-state index in [2.05, 4.69) is 29.4 Å². The summed E-state index contributed by atoms with van der Waals surface area (Å²) in [6.45, 7) is 6.06. The van der Waals surface area contributed by atoms with Crippen LogP contribution in [0.1, 0.15) is 51.1 Å². The van der Waals surface area contributed by atoms with E-state index in [0.717, 1.165) is 12.8 Å². The van der Waals surface area contributed by atoms with Gasteiger partial charge in [-0.25, -0.2) is 4.68 Å². The van der Waals surface area contributed by atoms with Crippen LogP contribution in [-0.4, -0.2) is 31.4 Å². The lowest BCUT2D eigenvalue weighted by atomic mass is 10.0. The molecule has 23 heavy (non-hydrogen) atoms. The highest BCUT2D eigenvalue weighted by Gasteiger charge is 2.29. The number of tetrazole rings is 1. The molecule has 0 amide bonds. The molecule has 0 bridgehead atoms. The van der Waals surface area contributed by atoms with Crippen molar-refractivity contribution >= 4 is 17.7 Å². The molecule has 1 atom stereocenters. The number of aromatic nitrogens is 4. The van der Waals surface area contributed by atoms with Gasteiger partial charge in [0.2, 0.25) is 5.16 Å². The van der Waals surface area contributed by atoms with E-state index in [1.54, 1.807) is 11.6 Å². The number of hydrogen-bond acceptors (Lipinski definition) is 6. The van der Waals surface area contributed by atoms with Crippen molar-refractivity contribution in [1.82, 2.24) is 20.2 Å². The summed E-state index contributed by atoms with van der Waals surface area (Å²) in [6.07, 6.45) is 2.19. The Morgan fingerprint density at radius 2 is 1.96 bits per heavy atom. The zero-order valence-corrected chi connectivity index (χ0v) is 14.3. The average Bonchev–Trinajstić information content (AvgIpc) is 3.27. The second-order valence-electron chi connectivity index (χ2n) is 6.04. The molecule has 1 heterocycles. The normalized spacial score (nSPS) is 15.7. The third-order valence-electron chi connectivity index (χ3n) is 3.73. The summed E-state index contributed by atoms with van der Waals surface area (Å²) in [5, 5.41) is 12.0. The number of esters is 1. The van der Waals surface area contributed by atoms with Gasteiger partial charge in [0.15, 0.2) is 0 Å². The Kier molecular flexibility index (Phi) is 4.66. The van der Waals surface area contributed by atoms with Crippen LogP contribution in [0.2, 0.25) is 0 Å². The highest BCUT2D eigenvalue weighted by Crippen LogP contribution is 2.37. The largest absolute Gasteiger partial charge is 0.426 e. The molecule has 3 rings (SSSR count). The number of nitrogens with zero attached hydrogens (tertiary/aromatic N) is 4. The molecule has 6 nitrogen and oxygen atoms in total. The van der Waals surface area contributed by atoms with Gasteiger partial charge in [0.25, 0.3) is 0 Å². The third kappa shape index (κ3) is 3.90. The van der Waals surface area contributed by atoms with Crippen molar-refractivity contribution in [3.63, 3.8) is 0 Å². The molecule has 0 aliphatic heterocycles. The highest BCUT2D eigenvalue weighted by atomic mass is 32.2. The Morgan fingerprint density at radius 1 is 1.26 bits per heavy atom. The van der Waals surface area contributed by atoms with Gasteiger partial charge >= 0.3 is 5.97 Å². The summed E-state index contributed by atoms with van der Waals surface area (Å²) in [5.74, 6) is 0.724. The quantitative estimate of drug-likeness (QED) is 0.459. The number of ether oxygens (including phenoxy) is 1. The van der Waals surface area contributed by atoms with Gasteiger partial charge < -0.3 is 4.74 Å². The standard InChI is InChI=1S/C16H20N4O2S/c1-10(2)12-4-8-14(9-5-12)22-15(21)11(3)23-16-17-18-19-20(16)13-6-7-13/h4-5,8-11,13H,6-7H2,1-3H3. The number of thioether (sulfide) groups is 1. The Morgan fingerprint density at radius 3 is 2.57 bits per heavy atom. The summed E-state index contributed by atoms with van der Waals surface area (Å²) in [4.78, 5) is 12.2. The maximum atomic E-state index is 12.2. The molecule has 1 fully saturated rings. The van der Waals surface area contributed by atoms with Crippen LogP contribution in [-0.2, 0) is 4.79 Å². The van der Waals surface area contributed by atoms with E-state index in [1.807, 2.05) is 24.3 Å². The fourth-order valence-corrected chi connectivity index (χ4v) is 2.98. The van der Waals surface area contributed by atoms with E-state index >= 15 is 0 Å². The van der Waals surface area contributed by atoms with Gasteiger partial charge in [-0.3, -0.25) is 4.79 Å². The van der Waals surface area contributed by atoms with Gasteiger partial charge in [-0.05, 0) is 53.8 Å². The molecule has 7 heteroatoms. The topological polar surface area (TPSA) is 69.9 Å². The predicted molar refractivity (Wildman–Crippen MR) is 87.6 cm³/mol. The lowest BCUT2D eigenvalue weighted by Gasteiger charge is -2.11. The van der Waals surface area contributed by atoms with Crippen LogP contribution in [0.25, 0.3) is 0 Å². The number of carbonyl (C=O) groups excluding carboxylic acids is 1. The van der Waals surface area contributed by atoms with Crippen LogP contribution < -0.4 is 4.74 Å². The zero-order valence-electron chi connectivity index (χ0n) is 13.5. The minimum absolute atomic E-state index is 0.294. The van der Waals surface area contributed by atoms with Crippen molar-refractivity contribution in [2.45, 2.75) is 56.0 Å². The monoisotopic (exact) mass is 332 g/mol. The molecule has 1 aromatic carbocycles. The van der Waals surface area contributed by atoms with Crippen molar-refractivity contribution < 1.29 is 9.53 Å². The molecule has 1 unspecified atom stereocenters. The van der Waals surface area contributed by atoms with Gasteiger partial charge in [0.05, 0.1) is 6.04 Å².